The van der Waals surface area contributed by atoms with Crippen molar-refractivity contribution in [1.82, 2.24) is 4.98 Å². The minimum Gasteiger partial charge on any atom is -0.422 e. The van der Waals surface area contributed by atoms with E-state index in [-0.39, 0.29) is 16.4 Å². The minimum atomic E-state index is -0.634. The lowest BCUT2D eigenvalue weighted by Crippen LogP contribution is -2.09. The van der Waals surface area contributed by atoms with E-state index < -0.39 is 11.8 Å². The van der Waals surface area contributed by atoms with E-state index in [1.807, 2.05) is 0 Å². The van der Waals surface area contributed by atoms with Crippen molar-refractivity contribution in [2.24, 2.45) is 0 Å². The predicted octanol–water partition coefficient (Wildman–Crippen LogP) is 2.08. The molecule has 4 nitrogen and oxygen atoms in total. The molecule has 0 amide bonds. The Bertz CT molecular complexity index is 527. The quantitative estimate of drug-likeness (QED) is 0.642. The van der Waals surface area contributed by atoms with Gasteiger partial charge in [-0.15, -0.1) is 11.3 Å². The maximum atomic E-state index is 12.8. The van der Waals surface area contributed by atoms with Crippen LogP contribution in [0, 0.1) is 5.82 Å². The SMILES string of the molecule is Nc1ncsc1C(=O)Oc1cccc(F)c1. The van der Waals surface area contributed by atoms with Gasteiger partial charge in [0.15, 0.2) is 4.88 Å². The molecule has 2 N–H and O–H groups in total. The summed E-state index contributed by atoms with van der Waals surface area (Å²) in [6, 6.07) is 5.32. The second kappa shape index (κ2) is 4.28. The van der Waals surface area contributed by atoms with Gasteiger partial charge in [-0.25, -0.2) is 14.2 Å². The van der Waals surface area contributed by atoms with Gasteiger partial charge in [0.1, 0.15) is 17.4 Å². The topological polar surface area (TPSA) is 65.2 Å². The summed E-state index contributed by atoms with van der Waals surface area (Å²) in [4.78, 5) is 15.5. The first-order valence-corrected chi connectivity index (χ1v) is 5.21. The van der Waals surface area contributed by atoms with Crippen molar-refractivity contribution in [2.45, 2.75) is 0 Å². The lowest BCUT2D eigenvalue weighted by molar-refractivity contribution is 0.0740. The number of benzene rings is 1. The highest BCUT2D eigenvalue weighted by Crippen LogP contribution is 2.19. The highest BCUT2D eigenvalue weighted by atomic mass is 32.1. The number of halogens is 1. The molecule has 0 aliphatic carbocycles. The van der Waals surface area contributed by atoms with Gasteiger partial charge in [-0.1, -0.05) is 6.07 Å². The van der Waals surface area contributed by atoms with Crippen LogP contribution in [0.1, 0.15) is 9.67 Å². The molecule has 0 radical (unpaired) electrons. The van der Waals surface area contributed by atoms with Crippen molar-refractivity contribution < 1.29 is 13.9 Å². The molecule has 2 aromatic rings. The van der Waals surface area contributed by atoms with Crippen molar-refractivity contribution in [3.8, 4) is 5.75 Å². The highest BCUT2D eigenvalue weighted by molar-refractivity contribution is 7.12. The standard InChI is InChI=1S/C10H7FN2O2S/c11-6-2-1-3-7(4-6)15-10(14)8-9(12)13-5-16-8/h1-5H,12H2. The summed E-state index contributed by atoms with van der Waals surface area (Å²) in [5, 5.41) is 0. The molecular formula is C10H7FN2O2S. The monoisotopic (exact) mass is 238 g/mol. The Balaban J connectivity index is 2.17. The molecule has 0 saturated heterocycles. The molecule has 1 aromatic carbocycles. The number of rotatable bonds is 2. The van der Waals surface area contributed by atoms with Crippen LogP contribution in [0.4, 0.5) is 10.2 Å². The Hall–Kier alpha value is -1.95. The van der Waals surface area contributed by atoms with E-state index in [0.717, 1.165) is 17.4 Å². The molecule has 0 atom stereocenters. The van der Waals surface area contributed by atoms with Crippen LogP contribution < -0.4 is 10.5 Å². The molecule has 0 saturated carbocycles. The number of aromatic nitrogens is 1. The maximum absolute atomic E-state index is 12.8. The number of carbonyl (C=O) groups excluding carboxylic acids is 1. The number of anilines is 1. The van der Waals surface area contributed by atoms with Gasteiger partial charge >= 0.3 is 5.97 Å². The third kappa shape index (κ3) is 2.17. The predicted molar refractivity (Wildman–Crippen MR) is 57.9 cm³/mol. The van der Waals surface area contributed by atoms with E-state index in [4.69, 9.17) is 10.5 Å². The smallest absolute Gasteiger partial charge is 0.357 e. The highest BCUT2D eigenvalue weighted by Gasteiger charge is 2.15. The lowest BCUT2D eigenvalue weighted by Gasteiger charge is -2.02. The Morgan fingerprint density at radius 3 is 2.94 bits per heavy atom. The van der Waals surface area contributed by atoms with Gasteiger partial charge in [0.2, 0.25) is 0 Å². The van der Waals surface area contributed by atoms with E-state index in [9.17, 15) is 9.18 Å². The average molecular weight is 238 g/mol. The van der Waals surface area contributed by atoms with Crippen molar-refractivity contribution in [3.63, 3.8) is 0 Å². The fraction of sp³-hybridized carbons (Fsp3) is 0. The molecule has 0 spiro atoms. The molecule has 0 fully saturated rings. The summed E-state index contributed by atoms with van der Waals surface area (Å²) in [5.41, 5.74) is 6.89. The zero-order valence-corrected chi connectivity index (χ0v) is 8.83. The van der Waals surface area contributed by atoms with Gasteiger partial charge in [0, 0.05) is 6.07 Å². The molecule has 0 unspecified atom stereocenters. The second-order valence-corrected chi connectivity index (χ2v) is 3.77. The molecule has 16 heavy (non-hydrogen) atoms. The number of nitrogens with two attached hydrogens (primary N) is 1. The number of esters is 1. The summed E-state index contributed by atoms with van der Waals surface area (Å²) < 4.78 is 17.7. The van der Waals surface area contributed by atoms with Gasteiger partial charge < -0.3 is 10.5 Å². The number of hydrogen-bond donors (Lipinski definition) is 1. The summed E-state index contributed by atoms with van der Waals surface area (Å²) in [6.45, 7) is 0. The Morgan fingerprint density at radius 1 is 1.50 bits per heavy atom. The first-order chi connectivity index (χ1) is 7.66. The number of ether oxygens (including phenoxy) is 1. The van der Waals surface area contributed by atoms with Crippen LogP contribution in [0.2, 0.25) is 0 Å². The Labute approximate surface area is 94.5 Å². The van der Waals surface area contributed by atoms with Crippen LogP contribution in [-0.2, 0) is 0 Å². The van der Waals surface area contributed by atoms with Crippen molar-refractivity contribution in [2.75, 3.05) is 5.73 Å². The fourth-order valence-corrected chi connectivity index (χ4v) is 1.67. The van der Waals surface area contributed by atoms with Crippen molar-refractivity contribution in [3.05, 3.63) is 40.5 Å². The van der Waals surface area contributed by atoms with Crippen molar-refractivity contribution >= 4 is 23.1 Å². The molecule has 1 aromatic heterocycles. The Morgan fingerprint density at radius 2 is 2.31 bits per heavy atom. The van der Waals surface area contributed by atoms with Gasteiger partial charge in [0.05, 0.1) is 5.51 Å². The lowest BCUT2D eigenvalue weighted by atomic mass is 10.3. The largest absolute Gasteiger partial charge is 0.422 e. The first-order valence-electron chi connectivity index (χ1n) is 4.33. The number of carbonyl (C=O) groups is 1. The van der Waals surface area contributed by atoms with Gasteiger partial charge in [-0.2, -0.15) is 0 Å². The van der Waals surface area contributed by atoms with Gasteiger partial charge in [0.25, 0.3) is 0 Å². The van der Waals surface area contributed by atoms with Crippen LogP contribution in [0.5, 0.6) is 5.75 Å². The molecule has 0 aliphatic heterocycles. The van der Waals surface area contributed by atoms with E-state index >= 15 is 0 Å². The normalized spacial score (nSPS) is 10.1. The van der Waals surface area contributed by atoms with Crippen LogP contribution in [0.3, 0.4) is 0 Å². The average Bonchev–Trinajstić information content (AvgIpc) is 2.64. The molecular weight excluding hydrogens is 231 g/mol. The molecule has 6 heteroatoms. The summed E-state index contributed by atoms with van der Waals surface area (Å²) in [5.74, 6) is -0.850. The van der Waals surface area contributed by atoms with Gasteiger partial charge in [-0.05, 0) is 12.1 Å². The molecule has 2 rings (SSSR count). The van der Waals surface area contributed by atoms with Crippen LogP contribution in [0.25, 0.3) is 0 Å². The number of thiazole rings is 1. The zero-order chi connectivity index (χ0) is 11.5. The van der Waals surface area contributed by atoms with E-state index in [1.54, 1.807) is 0 Å². The molecule has 0 bridgehead atoms. The van der Waals surface area contributed by atoms with Crippen LogP contribution in [0.15, 0.2) is 29.8 Å². The number of hydrogen-bond acceptors (Lipinski definition) is 5. The van der Waals surface area contributed by atoms with E-state index in [2.05, 4.69) is 4.98 Å². The third-order valence-corrected chi connectivity index (χ3v) is 2.61. The van der Waals surface area contributed by atoms with E-state index in [1.165, 1.54) is 23.7 Å². The van der Waals surface area contributed by atoms with E-state index in [0.29, 0.717) is 0 Å². The fourth-order valence-electron chi connectivity index (χ4n) is 1.09. The molecule has 0 aliphatic rings. The first kappa shape index (κ1) is 10.6. The number of nitrogen functional groups attached to an aromatic ring is 1. The summed E-state index contributed by atoms with van der Waals surface area (Å²) >= 11 is 1.08. The van der Waals surface area contributed by atoms with Crippen LogP contribution >= 0.6 is 11.3 Å². The van der Waals surface area contributed by atoms with Crippen molar-refractivity contribution in [1.29, 1.82) is 0 Å². The summed E-state index contributed by atoms with van der Waals surface area (Å²) in [6.07, 6.45) is 0. The zero-order valence-electron chi connectivity index (χ0n) is 8.01. The third-order valence-electron chi connectivity index (χ3n) is 1.79. The maximum Gasteiger partial charge on any atom is 0.357 e. The number of nitrogens with zero attached hydrogens (tertiary/aromatic N) is 1. The second-order valence-electron chi connectivity index (χ2n) is 2.91. The molecule has 82 valence electrons. The summed E-state index contributed by atoms with van der Waals surface area (Å²) in [7, 11) is 0. The minimum absolute atomic E-state index is 0.117. The molecule has 1 heterocycles. The Kier molecular flexibility index (Phi) is 2.82. The van der Waals surface area contributed by atoms with Gasteiger partial charge in [-0.3, -0.25) is 0 Å². The van der Waals surface area contributed by atoms with Crippen LogP contribution in [-0.4, -0.2) is 11.0 Å².